The lowest BCUT2D eigenvalue weighted by molar-refractivity contribution is -0.117. The van der Waals surface area contributed by atoms with Crippen molar-refractivity contribution in [3.63, 3.8) is 0 Å². The van der Waals surface area contributed by atoms with Crippen LogP contribution >= 0.6 is 0 Å². The Bertz CT molecular complexity index is 400. The van der Waals surface area contributed by atoms with Gasteiger partial charge in [-0.1, -0.05) is 6.07 Å². The molecule has 0 radical (unpaired) electrons. The van der Waals surface area contributed by atoms with Gasteiger partial charge in [-0.05, 0) is 44.0 Å². The van der Waals surface area contributed by atoms with E-state index < -0.39 is 5.82 Å². The van der Waals surface area contributed by atoms with Crippen molar-refractivity contribution in [1.29, 1.82) is 0 Å². The normalized spacial score (nSPS) is 19.8. The highest BCUT2D eigenvalue weighted by molar-refractivity contribution is 5.95. The number of aryl methyl sites for hydroxylation is 1. The van der Waals surface area contributed by atoms with Crippen molar-refractivity contribution in [2.24, 2.45) is 0 Å². The first-order valence-electron chi connectivity index (χ1n) is 5.47. The maximum Gasteiger partial charge on any atom is 0.241 e. The Morgan fingerprint density at radius 2 is 2.38 bits per heavy atom. The molecule has 1 atom stereocenters. The molecule has 86 valence electrons. The standard InChI is InChI=1S/C12H15FN2O/c1-8-4-5-9(13)11(7-8)15-12(16)10-3-2-6-14-10/h4-5,7,10,14H,2-3,6H2,1H3,(H,15,16). The summed E-state index contributed by atoms with van der Waals surface area (Å²) in [6, 6.07) is 4.51. The second-order valence-corrected chi connectivity index (χ2v) is 4.12. The monoisotopic (exact) mass is 222 g/mol. The maximum absolute atomic E-state index is 13.4. The zero-order valence-electron chi connectivity index (χ0n) is 9.22. The fraction of sp³-hybridized carbons (Fsp3) is 0.417. The molecule has 1 aromatic rings. The number of benzene rings is 1. The summed E-state index contributed by atoms with van der Waals surface area (Å²) in [4.78, 5) is 11.7. The SMILES string of the molecule is Cc1ccc(F)c(NC(=O)C2CCCN2)c1. The number of carbonyl (C=O) groups is 1. The van der Waals surface area contributed by atoms with Crippen LogP contribution in [0.25, 0.3) is 0 Å². The highest BCUT2D eigenvalue weighted by Crippen LogP contribution is 2.17. The molecule has 0 saturated carbocycles. The third-order valence-electron chi connectivity index (χ3n) is 2.76. The van der Waals surface area contributed by atoms with Crippen LogP contribution in [0.2, 0.25) is 0 Å². The van der Waals surface area contributed by atoms with Crippen molar-refractivity contribution in [3.05, 3.63) is 29.6 Å². The van der Waals surface area contributed by atoms with Gasteiger partial charge >= 0.3 is 0 Å². The van der Waals surface area contributed by atoms with Gasteiger partial charge in [0.15, 0.2) is 0 Å². The van der Waals surface area contributed by atoms with Crippen molar-refractivity contribution in [2.75, 3.05) is 11.9 Å². The topological polar surface area (TPSA) is 41.1 Å². The van der Waals surface area contributed by atoms with Crippen LogP contribution in [-0.2, 0) is 4.79 Å². The Labute approximate surface area is 94.0 Å². The molecule has 3 nitrogen and oxygen atoms in total. The second-order valence-electron chi connectivity index (χ2n) is 4.12. The Kier molecular flexibility index (Phi) is 3.19. The van der Waals surface area contributed by atoms with Crippen LogP contribution in [0.15, 0.2) is 18.2 Å². The van der Waals surface area contributed by atoms with E-state index in [1.807, 2.05) is 6.92 Å². The summed E-state index contributed by atoms with van der Waals surface area (Å²) in [6.07, 6.45) is 1.81. The molecule has 1 saturated heterocycles. The summed E-state index contributed by atoms with van der Waals surface area (Å²) in [5.74, 6) is -0.543. The summed E-state index contributed by atoms with van der Waals surface area (Å²) < 4.78 is 13.4. The molecule has 0 spiro atoms. The third-order valence-corrected chi connectivity index (χ3v) is 2.76. The van der Waals surface area contributed by atoms with Gasteiger partial charge in [-0.3, -0.25) is 4.79 Å². The molecule has 0 aromatic heterocycles. The van der Waals surface area contributed by atoms with E-state index in [1.165, 1.54) is 6.07 Å². The van der Waals surface area contributed by atoms with Gasteiger partial charge in [0, 0.05) is 0 Å². The van der Waals surface area contributed by atoms with Gasteiger partial charge in [-0.15, -0.1) is 0 Å². The Balaban J connectivity index is 2.07. The lowest BCUT2D eigenvalue weighted by atomic mass is 10.2. The van der Waals surface area contributed by atoms with Crippen molar-refractivity contribution in [3.8, 4) is 0 Å². The van der Waals surface area contributed by atoms with E-state index in [0.29, 0.717) is 0 Å². The highest BCUT2D eigenvalue weighted by Gasteiger charge is 2.22. The second kappa shape index (κ2) is 4.61. The minimum atomic E-state index is -0.392. The molecule has 1 unspecified atom stereocenters. The van der Waals surface area contributed by atoms with Crippen molar-refractivity contribution in [1.82, 2.24) is 5.32 Å². The van der Waals surface area contributed by atoms with Gasteiger partial charge in [0.2, 0.25) is 5.91 Å². The van der Waals surface area contributed by atoms with E-state index in [0.717, 1.165) is 24.9 Å². The Hall–Kier alpha value is -1.42. The average Bonchev–Trinajstić information content (AvgIpc) is 2.76. The smallest absolute Gasteiger partial charge is 0.241 e. The number of carbonyl (C=O) groups excluding carboxylic acids is 1. The lowest BCUT2D eigenvalue weighted by Gasteiger charge is -2.12. The zero-order valence-corrected chi connectivity index (χ0v) is 9.22. The van der Waals surface area contributed by atoms with Crippen LogP contribution in [0.4, 0.5) is 10.1 Å². The minimum Gasteiger partial charge on any atom is -0.322 e. The van der Waals surface area contributed by atoms with Crippen LogP contribution in [0, 0.1) is 12.7 Å². The molecule has 0 bridgehead atoms. The quantitative estimate of drug-likeness (QED) is 0.801. The third kappa shape index (κ3) is 2.39. The molecule has 1 amide bonds. The highest BCUT2D eigenvalue weighted by atomic mass is 19.1. The van der Waals surface area contributed by atoms with Gasteiger partial charge in [-0.25, -0.2) is 4.39 Å². The van der Waals surface area contributed by atoms with Gasteiger partial charge in [-0.2, -0.15) is 0 Å². The fourth-order valence-corrected chi connectivity index (χ4v) is 1.86. The van der Waals surface area contributed by atoms with E-state index in [9.17, 15) is 9.18 Å². The van der Waals surface area contributed by atoms with E-state index in [1.54, 1.807) is 12.1 Å². The molecular weight excluding hydrogens is 207 g/mol. The summed E-state index contributed by atoms with van der Waals surface area (Å²) in [5.41, 5.74) is 1.19. The lowest BCUT2D eigenvalue weighted by Crippen LogP contribution is -2.35. The van der Waals surface area contributed by atoms with Gasteiger partial charge in [0.1, 0.15) is 5.82 Å². The van der Waals surface area contributed by atoms with Crippen LogP contribution in [-0.4, -0.2) is 18.5 Å². The zero-order chi connectivity index (χ0) is 11.5. The number of anilines is 1. The van der Waals surface area contributed by atoms with Crippen LogP contribution in [0.3, 0.4) is 0 Å². The van der Waals surface area contributed by atoms with Crippen molar-refractivity contribution < 1.29 is 9.18 Å². The molecule has 2 rings (SSSR count). The summed E-state index contributed by atoms with van der Waals surface area (Å²) in [6.45, 7) is 2.72. The average molecular weight is 222 g/mol. The maximum atomic E-state index is 13.4. The van der Waals surface area contributed by atoms with E-state index in [2.05, 4.69) is 10.6 Å². The Morgan fingerprint density at radius 3 is 3.06 bits per heavy atom. The number of hydrogen-bond acceptors (Lipinski definition) is 2. The molecule has 4 heteroatoms. The molecule has 2 N–H and O–H groups in total. The van der Waals surface area contributed by atoms with Gasteiger partial charge in [0.05, 0.1) is 11.7 Å². The minimum absolute atomic E-state index is 0.151. The number of rotatable bonds is 2. The van der Waals surface area contributed by atoms with Crippen LogP contribution in [0.5, 0.6) is 0 Å². The Morgan fingerprint density at radius 1 is 1.56 bits per heavy atom. The predicted molar refractivity (Wildman–Crippen MR) is 60.8 cm³/mol. The largest absolute Gasteiger partial charge is 0.322 e. The summed E-state index contributed by atoms with van der Waals surface area (Å²) >= 11 is 0. The molecule has 0 aliphatic carbocycles. The van der Waals surface area contributed by atoms with Gasteiger partial charge < -0.3 is 10.6 Å². The molecule has 1 aromatic carbocycles. The first-order chi connectivity index (χ1) is 7.66. The molecule has 16 heavy (non-hydrogen) atoms. The number of nitrogens with one attached hydrogen (secondary N) is 2. The summed E-state index contributed by atoms with van der Waals surface area (Å²) in [5, 5.41) is 5.69. The molecule has 1 aliphatic rings. The number of hydrogen-bond donors (Lipinski definition) is 2. The molecule has 1 aliphatic heterocycles. The van der Waals surface area contributed by atoms with E-state index >= 15 is 0 Å². The summed E-state index contributed by atoms with van der Waals surface area (Å²) in [7, 11) is 0. The van der Waals surface area contributed by atoms with Crippen molar-refractivity contribution >= 4 is 11.6 Å². The molecular formula is C12H15FN2O. The fourth-order valence-electron chi connectivity index (χ4n) is 1.86. The van der Waals surface area contributed by atoms with Crippen LogP contribution in [0.1, 0.15) is 18.4 Å². The van der Waals surface area contributed by atoms with E-state index in [4.69, 9.17) is 0 Å². The molecule has 1 heterocycles. The number of halogens is 1. The predicted octanol–water partition coefficient (Wildman–Crippen LogP) is 1.82. The van der Waals surface area contributed by atoms with Gasteiger partial charge in [0.25, 0.3) is 0 Å². The first-order valence-corrected chi connectivity index (χ1v) is 5.47. The first kappa shape index (κ1) is 11.1. The van der Waals surface area contributed by atoms with Crippen molar-refractivity contribution in [2.45, 2.75) is 25.8 Å². The number of amides is 1. The van der Waals surface area contributed by atoms with Crippen LogP contribution < -0.4 is 10.6 Å². The molecule has 1 fully saturated rings. The van der Waals surface area contributed by atoms with E-state index in [-0.39, 0.29) is 17.6 Å².